The van der Waals surface area contributed by atoms with Gasteiger partial charge in [-0.25, -0.2) is 12.8 Å². The van der Waals surface area contributed by atoms with Gasteiger partial charge in [0.1, 0.15) is 5.82 Å². The summed E-state index contributed by atoms with van der Waals surface area (Å²) < 4.78 is 37.4. The second-order valence-electron chi connectivity index (χ2n) is 3.87. The number of rotatable bonds is 4. The molecule has 1 aromatic rings. The van der Waals surface area contributed by atoms with Gasteiger partial charge in [0.2, 0.25) is 10.0 Å². The molecule has 1 aromatic carbocycles. The molecular weight excluding hydrogens is 231 g/mol. The van der Waals surface area contributed by atoms with Crippen LogP contribution >= 0.6 is 0 Å². The number of anilines is 2. The molecule has 0 fully saturated rings. The molecule has 0 spiro atoms. The van der Waals surface area contributed by atoms with Crippen molar-refractivity contribution < 1.29 is 12.8 Å². The molecule has 0 bridgehead atoms. The zero-order chi connectivity index (χ0) is 12.3. The topological polar surface area (TPSA) is 58.2 Å². The standard InChI is InChI=1S/C10H15FN2O2S/c1-7(2)12-8-4-5-9(11)10(6-8)13-16(3,14)15/h4-7,12-13H,1-3H3. The highest BCUT2D eigenvalue weighted by molar-refractivity contribution is 7.92. The largest absolute Gasteiger partial charge is 0.383 e. The predicted octanol–water partition coefficient (Wildman–Crippen LogP) is 2.02. The second kappa shape index (κ2) is 4.69. The van der Waals surface area contributed by atoms with Crippen LogP contribution in [0.3, 0.4) is 0 Å². The zero-order valence-corrected chi connectivity index (χ0v) is 10.2. The summed E-state index contributed by atoms with van der Waals surface area (Å²) in [5.74, 6) is -0.597. The van der Waals surface area contributed by atoms with Gasteiger partial charge in [-0.1, -0.05) is 0 Å². The maximum Gasteiger partial charge on any atom is 0.229 e. The minimum atomic E-state index is -3.46. The Hall–Kier alpha value is -1.30. The maximum absolute atomic E-state index is 13.3. The van der Waals surface area contributed by atoms with E-state index in [-0.39, 0.29) is 11.7 Å². The van der Waals surface area contributed by atoms with E-state index < -0.39 is 15.8 Å². The molecule has 0 atom stereocenters. The van der Waals surface area contributed by atoms with Crippen molar-refractivity contribution in [2.24, 2.45) is 0 Å². The molecule has 16 heavy (non-hydrogen) atoms. The molecule has 1 rings (SSSR count). The monoisotopic (exact) mass is 246 g/mol. The second-order valence-corrected chi connectivity index (χ2v) is 5.62. The molecule has 0 aliphatic rings. The van der Waals surface area contributed by atoms with E-state index in [0.29, 0.717) is 5.69 Å². The number of halogens is 1. The molecule has 2 N–H and O–H groups in total. The maximum atomic E-state index is 13.3. The highest BCUT2D eigenvalue weighted by Crippen LogP contribution is 2.20. The molecule has 0 aliphatic carbocycles. The van der Waals surface area contributed by atoms with E-state index in [9.17, 15) is 12.8 Å². The number of sulfonamides is 1. The van der Waals surface area contributed by atoms with Gasteiger partial charge in [-0.15, -0.1) is 0 Å². The van der Waals surface area contributed by atoms with E-state index in [0.717, 1.165) is 6.26 Å². The number of benzene rings is 1. The van der Waals surface area contributed by atoms with Gasteiger partial charge >= 0.3 is 0 Å². The molecular formula is C10H15FN2O2S. The van der Waals surface area contributed by atoms with E-state index >= 15 is 0 Å². The van der Waals surface area contributed by atoms with Gasteiger partial charge in [0.15, 0.2) is 0 Å². The van der Waals surface area contributed by atoms with E-state index in [2.05, 4.69) is 10.0 Å². The van der Waals surface area contributed by atoms with Crippen LogP contribution in [0.4, 0.5) is 15.8 Å². The van der Waals surface area contributed by atoms with Crippen molar-refractivity contribution >= 4 is 21.4 Å². The van der Waals surface area contributed by atoms with E-state index in [1.54, 1.807) is 6.07 Å². The third kappa shape index (κ3) is 4.06. The molecule has 90 valence electrons. The van der Waals surface area contributed by atoms with Gasteiger partial charge in [-0.2, -0.15) is 0 Å². The van der Waals surface area contributed by atoms with Gasteiger partial charge in [-0.3, -0.25) is 4.72 Å². The van der Waals surface area contributed by atoms with Crippen molar-refractivity contribution in [1.29, 1.82) is 0 Å². The Labute approximate surface area is 94.9 Å². The van der Waals surface area contributed by atoms with Crippen LogP contribution < -0.4 is 10.0 Å². The van der Waals surface area contributed by atoms with Crippen molar-refractivity contribution in [3.63, 3.8) is 0 Å². The van der Waals surface area contributed by atoms with E-state index in [1.165, 1.54) is 12.1 Å². The molecule has 0 unspecified atom stereocenters. The molecule has 6 heteroatoms. The van der Waals surface area contributed by atoms with Crippen molar-refractivity contribution in [3.8, 4) is 0 Å². The van der Waals surface area contributed by atoms with Crippen LogP contribution in [0.15, 0.2) is 18.2 Å². The van der Waals surface area contributed by atoms with Crippen LogP contribution in [-0.4, -0.2) is 20.7 Å². The van der Waals surface area contributed by atoms with Gasteiger partial charge in [0, 0.05) is 11.7 Å². The lowest BCUT2D eigenvalue weighted by molar-refractivity contribution is 0.604. The van der Waals surface area contributed by atoms with Gasteiger partial charge < -0.3 is 5.32 Å². The first-order valence-electron chi connectivity index (χ1n) is 4.82. The number of hydrogen-bond donors (Lipinski definition) is 2. The Morgan fingerprint density at radius 3 is 2.44 bits per heavy atom. The minimum absolute atomic E-state index is 0.0480. The van der Waals surface area contributed by atoms with Crippen molar-refractivity contribution in [2.45, 2.75) is 19.9 Å². The first kappa shape index (κ1) is 12.8. The van der Waals surface area contributed by atoms with Crippen molar-refractivity contribution in [1.82, 2.24) is 0 Å². The summed E-state index contributed by atoms with van der Waals surface area (Å²) in [7, 11) is -3.46. The Kier molecular flexibility index (Phi) is 3.74. The van der Waals surface area contributed by atoms with Crippen LogP contribution in [0, 0.1) is 5.82 Å². The van der Waals surface area contributed by atoms with E-state index in [4.69, 9.17) is 0 Å². The summed E-state index contributed by atoms with van der Waals surface area (Å²) in [4.78, 5) is 0. The smallest absolute Gasteiger partial charge is 0.229 e. The number of hydrogen-bond acceptors (Lipinski definition) is 3. The third-order valence-corrected chi connectivity index (χ3v) is 2.31. The van der Waals surface area contributed by atoms with E-state index in [1.807, 2.05) is 13.8 Å². The molecule has 4 nitrogen and oxygen atoms in total. The van der Waals surface area contributed by atoms with Crippen LogP contribution in [-0.2, 0) is 10.0 Å². The SMILES string of the molecule is CC(C)Nc1ccc(F)c(NS(C)(=O)=O)c1. The van der Waals surface area contributed by atoms with Crippen LogP contribution in [0.1, 0.15) is 13.8 Å². The molecule has 0 radical (unpaired) electrons. The fourth-order valence-electron chi connectivity index (χ4n) is 1.23. The first-order chi connectivity index (χ1) is 7.28. The fraction of sp³-hybridized carbons (Fsp3) is 0.400. The fourth-order valence-corrected chi connectivity index (χ4v) is 1.78. The van der Waals surface area contributed by atoms with Crippen LogP contribution in [0.2, 0.25) is 0 Å². The highest BCUT2D eigenvalue weighted by Gasteiger charge is 2.08. The lowest BCUT2D eigenvalue weighted by Crippen LogP contribution is -2.13. The molecule has 0 saturated carbocycles. The predicted molar refractivity (Wildman–Crippen MR) is 63.6 cm³/mol. The van der Waals surface area contributed by atoms with Gasteiger partial charge in [0.05, 0.1) is 11.9 Å². The lowest BCUT2D eigenvalue weighted by Gasteiger charge is -2.12. The lowest BCUT2D eigenvalue weighted by atomic mass is 10.2. The van der Waals surface area contributed by atoms with Crippen molar-refractivity contribution in [2.75, 3.05) is 16.3 Å². The average Bonchev–Trinajstić information content (AvgIpc) is 2.07. The third-order valence-electron chi connectivity index (χ3n) is 1.72. The number of nitrogens with one attached hydrogen (secondary N) is 2. The van der Waals surface area contributed by atoms with Gasteiger partial charge in [-0.05, 0) is 32.0 Å². The first-order valence-corrected chi connectivity index (χ1v) is 6.71. The molecule has 0 amide bonds. The Morgan fingerprint density at radius 2 is 1.94 bits per heavy atom. The quantitative estimate of drug-likeness (QED) is 0.854. The summed E-state index contributed by atoms with van der Waals surface area (Å²) >= 11 is 0. The van der Waals surface area contributed by atoms with Crippen LogP contribution in [0.5, 0.6) is 0 Å². The summed E-state index contributed by atoms with van der Waals surface area (Å²) in [5.41, 5.74) is 0.621. The molecule has 0 heterocycles. The Morgan fingerprint density at radius 1 is 1.31 bits per heavy atom. The Balaban J connectivity index is 2.99. The van der Waals surface area contributed by atoms with Crippen molar-refractivity contribution in [3.05, 3.63) is 24.0 Å². The van der Waals surface area contributed by atoms with Gasteiger partial charge in [0.25, 0.3) is 0 Å². The molecule has 0 saturated heterocycles. The summed E-state index contributed by atoms with van der Waals surface area (Å²) in [6.45, 7) is 3.88. The zero-order valence-electron chi connectivity index (χ0n) is 9.41. The van der Waals surface area contributed by atoms with Crippen LogP contribution in [0.25, 0.3) is 0 Å². The highest BCUT2D eigenvalue weighted by atomic mass is 32.2. The molecule has 0 aromatic heterocycles. The summed E-state index contributed by atoms with van der Waals surface area (Å²) in [6, 6.07) is 4.40. The normalized spacial score (nSPS) is 11.6. The summed E-state index contributed by atoms with van der Waals surface area (Å²) in [6.07, 6.45) is 0.981. The minimum Gasteiger partial charge on any atom is -0.383 e. The average molecular weight is 246 g/mol. The Bertz CT molecular complexity index is 472. The summed E-state index contributed by atoms with van der Waals surface area (Å²) in [5, 5.41) is 3.06. The molecule has 0 aliphatic heterocycles.